The molecule has 2 aromatic heterocycles. The first-order valence-corrected chi connectivity index (χ1v) is 8.70. The van der Waals surface area contributed by atoms with Crippen molar-refractivity contribution in [3.63, 3.8) is 0 Å². The van der Waals surface area contributed by atoms with Crippen LogP contribution >= 0.6 is 11.3 Å². The molecule has 1 fully saturated rings. The highest BCUT2D eigenvalue weighted by Crippen LogP contribution is 2.30. The predicted octanol–water partition coefficient (Wildman–Crippen LogP) is 3.51. The summed E-state index contributed by atoms with van der Waals surface area (Å²) in [6, 6.07) is 4.35. The Bertz CT molecular complexity index is 581. The number of nitrogens with zero attached hydrogens (tertiary/aromatic N) is 2. The van der Waals surface area contributed by atoms with Gasteiger partial charge >= 0.3 is 6.03 Å². The average molecular weight is 318 g/mol. The van der Waals surface area contributed by atoms with Crippen molar-refractivity contribution >= 4 is 17.4 Å². The lowest BCUT2D eigenvalue weighted by Crippen LogP contribution is -2.45. The van der Waals surface area contributed by atoms with Crippen LogP contribution in [-0.2, 0) is 0 Å². The highest BCUT2D eigenvalue weighted by atomic mass is 32.1. The summed E-state index contributed by atoms with van der Waals surface area (Å²) in [7, 11) is 0. The van der Waals surface area contributed by atoms with Crippen LogP contribution in [0.15, 0.2) is 29.9 Å². The van der Waals surface area contributed by atoms with Crippen LogP contribution in [0.2, 0.25) is 0 Å². The molecule has 1 aliphatic heterocycles. The predicted molar refractivity (Wildman–Crippen MR) is 88.0 cm³/mol. The van der Waals surface area contributed by atoms with E-state index >= 15 is 0 Å². The fourth-order valence-electron chi connectivity index (χ4n) is 2.98. The third-order valence-electron chi connectivity index (χ3n) is 4.26. The zero-order chi connectivity index (χ0) is 15.4. The van der Waals surface area contributed by atoms with Gasteiger partial charge in [0.15, 0.2) is 0 Å². The summed E-state index contributed by atoms with van der Waals surface area (Å²) in [5, 5.41) is 12.0. The van der Waals surface area contributed by atoms with E-state index in [1.54, 1.807) is 11.3 Å². The van der Waals surface area contributed by atoms with Gasteiger partial charge in [-0.1, -0.05) is 13.0 Å². The molecule has 1 aliphatic rings. The summed E-state index contributed by atoms with van der Waals surface area (Å²) in [5.74, 6) is 0.348. The van der Waals surface area contributed by atoms with Gasteiger partial charge in [-0.2, -0.15) is 5.10 Å². The molecule has 0 saturated carbocycles. The van der Waals surface area contributed by atoms with Crippen LogP contribution < -0.4 is 5.32 Å². The number of likely N-dealkylation sites (tertiary alicyclic amines) is 1. The molecular weight excluding hydrogens is 296 g/mol. The number of amides is 2. The zero-order valence-corrected chi connectivity index (χ0v) is 13.6. The van der Waals surface area contributed by atoms with Gasteiger partial charge in [0.1, 0.15) is 0 Å². The second-order valence-electron chi connectivity index (χ2n) is 5.84. The summed E-state index contributed by atoms with van der Waals surface area (Å²) in [6.07, 6.45) is 6.95. The number of aromatic nitrogens is 2. The topological polar surface area (TPSA) is 61.0 Å². The molecule has 0 aliphatic carbocycles. The van der Waals surface area contributed by atoms with E-state index in [0.29, 0.717) is 12.5 Å². The first-order chi connectivity index (χ1) is 10.8. The highest BCUT2D eigenvalue weighted by molar-refractivity contribution is 7.10. The molecule has 0 bridgehead atoms. The van der Waals surface area contributed by atoms with Crippen LogP contribution in [0, 0.1) is 0 Å². The second kappa shape index (κ2) is 6.96. The lowest BCUT2D eigenvalue weighted by Gasteiger charge is -2.35. The van der Waals surface area contributed by atoms with Gasteiger partial charge in [-0.15, -0.1) is 11.3 Å². The van der Waals surface area contributed by atoms with Crippen molar-refractivity contribution in [1.29, 1.82) is 0 Å². The standard InChI is InChI=1S/C16H22N4OS/c1-12(15-6-4-8-22-15)9-17-16(21)20-7-3-2-5-14(20)13-10-18-19-11-13/h4,6,8,10-12,14H,2-3,5,7,9H2,1H3,(H,17,21)(H,18,19)/t12-,14-/m1/s1. The number of carbonyl (C=O) groups excluding carboxylic acids is 1. The van der Waals surface area contributed by atoms with Crippen LogP contribution in [-0.4, -0.2) is 34.2 Å². The molecule has 0 spiro atoms. The van der Waals surface area contributed by atoms with Gasteiger partial charge in [-0.3, -0.25) is 5.10 Å². The molecule has 0 aromatic carbocycles. The Morgan fingerprint density at radius 1 is 1.59 bits per heavy atom. The summed E-state index contributed by atoms with van der Waals surface area (Å²) in [5.41, 5.74) is 1.10. The largest absolute Gasteiger partial charge is 0.337 e. The maximum Gasteiger partial charge on any atom is 0.317 e. The van der Waals surface area contributed by atoms with Gasteiger partial charge in [0.05, 0.1) is 12.2 Å². The number of aromatic amines is 1. The first kappa shape index (κ1) is 15.1. The Kier molecular flexibility index (Phi) is 4.77. The van der Waals surface area contributed by atoms with Crippen LogP contribution in [0.4, 0.5) is 4.79 Å². The molecule has 5 nitrogen and oxygen atoms in total. The van der Waals surface area contributed by atoms with E-state index in [4.69, 9.17) is 0 Å². The minimum atomic E-state index is 0.0364. The van der Waals surface area contributed by atoms with Gasteiger partial charge < -0.3 is 10.2 Å². The smallest absolute Gasteiger partial charge is 0.317 e. The summed E-state index contributed by atoms with van der Waals surface area (Å²) < 4.78 is 0. The summed E-state index contributed by atoms with van der Waals surface area (Å²) >= 11 is 1.74. The molecule has 2 amide bonds. The van der Waals surface area contributed by atoms with Crippen molar-refractivity contribution in [1.82, 2.24) is 20.4 Å². The monoisotopic (exact) mass is 318 g/mol. The number of piperidine rings is 1. The van der Waals surface area contributed by atoms with Crippen molar-refractivity contribution in [2.24, 2.45) is 0 Å². The second-order valence-corrected chi connectivity index (χ2v) is 6.82. The van der Waals surface area contributed by atoms with Gasteiger partial charge in [-0.25, -0.2) is 4.79 Å². The molecule has 2 N–H and O–H groups in total. The number of hydrogen-bond donors (Lipinski definition) is 2. The van der Waals surface area contributed by atoms with Crippen molar-refractivity contribution < 1.29 is 4.79 Å². The Morgan fingerprint density at radius 2 is 2.50 bits per heavy atom. The van der Waals surface area contributed by atoms with E-state index in [1.165, 1.54) is 4.88 Å². The molecular formula is C16H22N4OS. The van der Waals surface area contributed by atoms with Gasteiger partial charge in [0.2, 0.25) is 0 Å². The van der Waals surface area contributed by atoms with E-state index in [9.17, 15) is 4.79 Å². The number of thiophene rings is 1. The molecule has 1 saturated heterocycles. The third kappa shape index (κ3) is 3.32. The first-order valence-electron chi connectivity index (χ1n) is 7.82. The fraction of sp³-hybridized carbons (Fsp3) is 0.500. The van der Waals surface area contributed by atoms with Gasteiger partial charge in [-0.05, 0) is 30.7 Å². The molecule has 2 aromatic rings. The van der Waals surface area contributed by atoms with Gasteiger partial charge in [0, 0.05) is 35.6 Å². The molecule has 6 heteroatoms. The number of H-pyrrole nitrogens is 1. The van der Waals surface area contributed by atoms with Crippen LogP contribution in [0.5, 0.6) is 0 Å². The summed E-state index contributed by atoms with van der Waals surface area (Å²) in [6.45, 7) is 3.64. The van der Waals surface area contributed by atoms with Crippen molar-refractivity contribution in [2.45, 2.75) is 38.1 Å². The molecule has 2 atom stereocenters. The van der Waals surface area contributed by atoms with Crippen LogP contribution in [0.3, 0.4) is 0 Å². The van der Waals surface area contributed by atoms with Crippen LogP contribution in [0.25, 0.3) is 0 Å². The third-order valence-corrected chi connectivity index (χ3v) is 5.36. The number of urea groups is 1. The number of carbonyl (C=O) groups is 1. The Balaban J connectivity index is 1.60. The SMILES string of the molecule is C[C@H](CNC(=O)N1CCCC[C@@H]1c1cn[nH]c1)c1cccs1. The van der Waals surface area contributed by atoms with E-state index in [0.717, 1.165) is 31.4 Å². The van der Waals surface area contributed by atoms with Crippen molar-refractivity contribution in [3.8, 4) is 0 Å². The molecule has 118 valence electrons. The number of hydrogen-bond acceptors (Lipinski definition) is 3. The number of nitrogens with one attached hydrogen (secondary N) is 2. The Hall–Kier alpha value is -1.82. The van der Waals surface area contributed by atoms with Gasteiger partial charge in [0.25, 0.3) is 0 Å². The quantitative estimate of drug-likeness (QED) is 0.906. The fourth-order valence-corrected chi connectivity index (χ4v) is 3.77. The normalized spacial score (nSPS) is 19.9. The van der Waals surface area contributed by atoms with Crippen LogP contribution in [0.1, 0.15) is 48.6 Å². The maximum absolute atomic E-state index is 12.6. The highest BCUT2D eigenvalue weighted by Gasteiger charge is 2.28. The van der Waals surface area contributed by atoms with E-state index in [-0.39, 0.29) is 12.1 Å². The Morgan fingerprint density at radius 3 is 3.23 bits per heavy atom. The molecule has 0 unspecified atom stereocenters. The molecule has 22 heavy (non-hydrogen) atoms. The lowest BCUT2D eigenvalue weighted by atomic mass is 9.98. The average Bonchev–Trinajstić information content (AvgIpc) is 3.24. The van der Waals surface area contributed by atoms with E-state index in [1.807, 2.05) is 17.3 Å². The van der Waals surface area contributed by atoms with Crippen molar-refractivity contribution in [2.75, 3.05) is 13.1 Å². The van der Waals surface area contributed by atoms with Crippen molar-refractivity contribution in [3.05, 3.63) is 40.3 Å². The Labute approximate surface area is 134 Å². The van der Waals surface area contributed by atoms with E-state index in [2.05, 4.69) is 40.0 Å². The number of rotatable bonds is 4. The minimum Gasteiger partial charge on any atom is -0.337 e. The maximum atomic E-state index is 12.6. The molecule has 3 heterocycles. The molecule has 0 radical (unpaired) electrons. The summed E-state index contributed by atoms with van der Waals surface area (Å²) in [4.78, 5) is 15.8. The lowest BCUT2D eigenvalue weighted by molar-refractivity contribution is 0.151. The molecule has 3 rings (SSSR count). The van der Waals surface area contributed by atoms with E-state index < -0.39 is 0 Å². The minimum absolute atomic E-state index is 0.0364. The zero-order valence-electron chi connectivity index (χ0n) is 12.8.